The molecule has 0 spiro atoms. The maximum Gasteiger partial charge on any atom is 0.153 e. The zero-order valence-electron chi connectivity index (χ0n) is 11.3. The monoisotopic (exact) mass is 254 g/mol. The number of nitrogens with one attached hydrogen (secondary N) is 1. The summed E-state index contributed by atoms with van der Waals surface area (Å²) in [4.78, 5) is 4.21. The van der Waals surface area contributed by atoms with E-state index in [1.54, 1.807) is 6.33 Å². The van der Waals surface area contributed by atoms with Gasteiger partial charge in [-0.05, 0) is 20.8 Å². The molecule has 0 amide bonds. The van der Waals surface area contributed by atoms with Crippen LogP contribution in [0.1, 0.15) is 32.6 Å². The zero-order valence-corrected chi connectivity index (χ0v) is 11.3. The molecule has 0 radical (unpaired) electrons. The second kappa shape index (κ2) is 6.26. The van der Waals surface area contributed by atoms with Gasteiger partial charge in [-0.1, -0.05) is 0 Å². The van der Waals surface area contributed by atoms with Crippen LogP contribution >= 0.6 is 0 Å². The quantitative estimate of drug-likeness (QED) is 0.840. The molecule has 0 aromatic carbocycles. The number of hydrogen-bond acceptors (Lipinski definition) is 5. The number of morpholine rings is 1. The number of ether oxygens (including phenoxy) is 2. The zero-order chi connectivity index (χ0) is 13.0. The third kappa shape index (κ3) is 3.51. The molecule has 0 saturated carbocycles. The van der Waals surface area contributed by atoms with E-state index in [2.05, 4.69) is 36.2 Å². The van der Waals surface area contributed by atoms with E-state index in [4.69, 9.17) is 9.47 Å². The van der Waals surface area contributed by atoms with E-state index < -0.39 is 0 Å². The first-order chi connectivity index (χ1) is 8.66. The molecule has 2 unspecified atom stereocenters. The van der Waals surface area contributed by atoms with Crippen molar-refractivity contribution in [2.24, 2.45) is 0 Å². The summed E-state index contributed by atoms with van der Waals surface area (Å²) in [5, 5.41) is 7.49. The van der Waals surface area contributed by atoms with Crippen LogP contribution in [0.15, 0.2) is 6.33 Å². The van der Waals surface area contributed by atoms with Gasteiger partial charge in [0.15, 0.2) is 5.82 Å². The Morgan fingerprint density at radius 2 is 2.39 bits per heavy atom. The van der Waals surface area contributed by atoms with Crippen LogP contribution < -0.4 is 5.32 Å². The first-order valence-electron chi connectivity index (χ1n) is 6.49. The van der Waals surface area contributed by atoms with Crippen LogP contribution in [0.2, 0.25) is 0 Å². The van der Waals surface area contributed by atoms with Crippen LogP contribution in [-0.4, -0.2) is 46.7 Å². The van der Waals surface area contributed by atoms with Crippen molar-refractivity contribution in [2.45, 2.75) is 45.6 Å². The third-order valence-electron chi connectivity index (χ3n) is 2.90. The average molecular weight is 254 g/mol. The molecule has 1 aliphatic heterocycles. The first kappa shape index (κ1) is 13.5. The largest absolute Gasteiger partial charge is 0.371 e. The van der Waals surface area contributed by atoms with Crippen molar-refractivity contribution in [1.29, 1.82) is 0 Å². The summed E-state index contributed by atoms with van der Waals surface area (Å²) in [6, 6.07) is 0.304. The molecule has 6 nitrogen and oxygen atoms in total. The Balaban J connectivity index is 1.76. The minimum Gasteiger partial charge on any atom is -0.371 e. The van der Waals surface area contributed by atoms with Gasteiger partial charge in [0.2, 0.25) is 0 Å². The van der Waals surface area contributed by atoms with Crippen molar-refractivity contribution in [2.75, 3.05) is 19.7 Å². The number of rotatable bonds is 5. The minimum absolute atomic E-state index is 0.129. The van der Waals surface area contributed by atoms with Gasteiger partial charge in [-0.25, -0.2) is 9.67 Å². The fourth-order valence-corrected chi connectivity index (χ4v) is 2.06. The lowest BCUT2D eigenvalue weighted by Gasteiger charge is -2.28. The smallest absolute Gasteiger partial charge is 0.153 e. The Morgan fingerprint density at radius 1 is 1.56 bits per heavy atom. The summed E-state index contributed by atoms with van der Waals surface area (Å²) < 4.78 is 13.3. The van der Waals surface area contributed by atoms with Gasteiger partial charge in [-0.2, -0.15) is 5.10 Å². The van der Waals surface area contributed by atoms with Gasteiger partial charge in [0.1, 0.15) is 12.9 Å². The lowest BCUT2D eigenvalue weighted by Crippen LogP contribution is -2.45. The Labute approximate surface area is 108 Å². The second-order valence-electron chi connectivity index (χ2n) is 4.96. The van der Waals surface area contributed by atoms with Gasteiger partial charge < -0.3 is 14.8 Å². The minimum atomic E-state index is 0.129. The summed E-state index contributed by atoms with van der Waals surface area (Å²) in [5.41, 5.74) is 0. The molecule has 6 heteroatoms. The summed E-state index contributed by atoms with van der Waals surface area (Å²) >= 11 is 0. The lowest BCUT2D eigenvalue weighted by molar-refractivity contribution is -0.0727. The molecule has 2 atom stereocenters. The van der Waals surface area contributed by atoms with Gasteiger partial charge in [0.05, 0.1) is 18.8 Å². The topological polar surface area (TPSA) is 61.2 Å². The van der Waals surface area contributed by atoms with E-state index in [0.29, 0.717) is 19.3 Å². The molecule has 1 aromatic rings. The molecule has 2 rings (SSSR count). The molecule has 0 bridgehead atoms. The fourth-order valence-electron chi connectivity index (χ4n) is 2.06. The maximum absolute atomic E-state index is 5.75. The van der Waals surface area contributed by atoms with Gasteiger partial charge >= 0.3 is 0 Å². The third-order valence-corrected chi connectivity index (χ3v) is 2.90. The molecule has 18 heavy (non-hydrogen) atoms. The molecule has 1 saturated heterocycles. The predicted molar refractivity (Wildman–Crippen MR) is 67.3 cm³/mol. The molecular formula is C12H22N4O2. The van der Waals surface area contributed by atoms with E-state index in [1.165, 1.54) is 0 Å². The highest BCUT2D eigenvalue weighted by Crippen LogP contribution is 2.08. The number of aromatic nitrogens is 3. The predicted octanol–water partition coefficient (Wildman–Crippen LogP) is 0.752. The molecular weight excluding hydrogens is 232 g/mol. The Kier molecular flexibility index (Phi) is 4.68. The van der Waals surface area contributed by atoms with E-state index in [1.807, 2.05) is 4.68 Å². The summed E-state index contributed by atoms with van der Waals surface area (Å²) in [7, 11) is 0. The summed E-state index contributed by atoms with van der Waals surface area (Å²) in [6.45, 7) is 9.05. The summed E-state index contributed by atoms with van der Waals surface area (Å²) in [5.74, 6) is 0.863. The van der Waals surface area contributed by atoms with Crippen molar-refractivity contribution in [1.82, 2.24) is 20.1 Å². The van der Waals surface area contributed by atoms with E-state index in [0.717, 1.165) is 18.9 Å². The number of hydrogen-bond donors (Lipinski definition) is 1. The van der Waals surface area contributed by atoms with Crippen LogP contribution in [0, 0.1) is 0 Å². The van der Waals surface area contributed by atoms with Crippen molar-refractivity contribution in [3.63, 3.8) is 0 Å². The number of nitrogens with zero attached hydrogens (tertiary/aromatic N) is 3. The van der Waals surface area contributed by atoms with Crippen LogP contribution in [0.4, 0.5) is 0 Å². The normalized spacial score (nSPS) is 24.7. The average Bonchev–Trinajstić information content (AvgIpc) is 2.77. The molecule has 0 aliphatic carbocycles. The lowest BCUT2D eigenvalue weighted by atomic mass is 10.2. The maximum atomic E-state index is 5.75. The van der Waals surface area contributed by atoms with Crippen LogP contribution in [0.25, 0.3) is 0 Å². The molecule has 1 fully saturated rings. The Morgan fingerprint density at radius 3 is 3.11 bits per heavy atom. The van der Waals surface area contributed by atoms with Crippen LogP contribution in [0.3, 0.4) is 0 Å². The van der Waals surface area contributed by atoms with Crippen molar-refractivity contribution >= 4 is 0 Å². The highest BCUT2D eigenvalue weighted by molar-refractivity contribution is 4.83. The van der Waals surface area contributed by atoms with E-state index in [9.17, 15) is 0 Å². The first-order valence-corrected chi connectivity index (χ1v) is 6.49. The molecule has 1 N–H and O–H groups in total. The second-order valence-corrected chi connectivity index (χ2v) is 4.96. The molecule has 1 aliphatic rings. The van der Waals surface area contributed by atoms with Gasteiger partial charge in [-0.15, -0.1) is 0 Å². The van der Waals surface area contributed by atoms with Crippen molar-refractivity contribution < 1.29 is 9.47 Å². The van der Waals surface area contributed by atoms with E-state index in [-0.39, 0.29) is 12.2 Å². The highest BCUT2D eigenvalue weighted by Gasteiger charge is 2.19. The van der Waals surface area contributed by atoms with Crippen LogP contribution in [-0.2, 0) is 16.1 Å². The molecule has 102 valence electrons. The highest BCUT2D eigenvalue weighted by atomic mass is 16.5. The van der Waals surface area contributed by atoms with Crippen LogP contribution in [0.5, 0.6) is 0 Å². The standard InChI is InChI=1S/C12H22N4O2/c1-9(2)16-12(14-8-15-16)7-17-6-11-5-13-4-10(3)18-11/h8-11,13H,4-7H2,1-3H3. The SMILES string of the molecule is CC1CNCC(COCc2ncnn2C(C)C)O1. The molecule has 1 aromatic heterocycles. The van der Waals surface area contributed by atoms with Gasteiger partial charge in [0.25, 0.3) is 0 Å². The summed E-state index contributed by atoms with van der Waals surface area (Å²) in [6.07, 6.45) is 1.95. The van der Waals surface area contributed by atoms with Gasteiger partial charge in [-0.3, -0.25) is 0 Å². The Bertz CT molecular complexity index is 367. The molecule has 2 heterocycles. The van der Waals surface area contributed by atoms with Crippen molar-refractivity contribution in [3.8, 4) is 0 Å². The van der Waals surface area contributed by atoms with Crippen molar-refractivity contribution in [3.05, 3.63) is 12.2 Å². The Hall–Kier alpha value is -0.980. The fraction of sp³-hybridized carbons (Fsp3) is 0.833. The van der Waals surface area contributed by atoms with Gasteiger partial charge in [0, 0.05) is 19.1 Å². The van der Waals surface area contributed by atoms with E-state index >= 15 is 0 Å².